The van der Waals surface area contributed by atoms with Crippen LogP contribution < -0.4 is 10.1 Å². The molecule has 5 rings (SSSR count). The largest absolute Gasteiger partial charge is 0.483 e. The molecule has 0 aliphatic carbocycles. The fourth-order valence-corrected chi connectivity index (χ4v) is 5.50. The zero-order chi connectivity index (χ0) is 26.4. The van der Waals surface area contributed by atoms with Gasteiger partial charge in [-0.3, -0.25) is 14.4 Å². The summed E-state index contributed by atoms with van der Waals surface area (Å²) in [6, 6.07) is 29.4. The fraction of sp³-hybridized carbons (Fsp3) is 0.290. The Hall–Kier alpha value is -3.61. The van der Waals surface area contributed by atoms with Gasteiger partial charge in [-0.15, -0.1) is 0 Å². The summed E-state index contributed by atoms with van der Waals surface area (Å²) in [5.41, 5.74) is 4.79. The quantitative estimate of drug-likeness (QED) is 0.320. The van der Waals surface area contributed by atoms with Crippen LogP contribution in [-0.2, 0) is 23.3 Å². The van der Waals surface area contributed by atoms with E-state index in [4.69, 9.17) is 21.4 Å². The summed E-state index contributed by atoms with van der Waals surface area (Å²) >= 11 is 6.17. The van der Waals surface area contributed by atoms with E-state index in [0.29, 0.717) is 17.3 Å². The van der Waals surface area contributed by atoms with Crippen molar-refractivity contribution in [1.82, 2.24) is 20.0 Å². The molecule has 0 unspecified atom stereocenters. The summed E-state index contributed by atoms with van der Waals surface area (Å²) in [6.45, 7) is 3.30. The second-order valence-corrected chi connectivity index (χ2v) is 10.2. The van der Waals surface area contributed by atoms with Crippen LogP contribution in [0.15, 0.2) is 91.1 Å². The lowest BCUT2D eigenvalue weighted by Gasteiger charge is -2.42. The van der Waals surface area contributed by atoms with Crippen molar-refractivity contribution < 1.29 is 9.53 Å². The van der Waals surface area contributed by atoms with Gasteiger partial charge in [-0.2, -0.15) is 5.10 Å². The number of likely N-dealkylation sites (N-methyl/N-ethyl adjacent to an activating group) is 1. The van der Waals surface area contributed by atoms with Crippen LogP contribution in [0.1, 0.15) is 35.2 Å². The Kier molecular flexibility index (Phi) is 8.11. The molecular weight excluding hydrogens is 496 g/mol. The van der Waals surface area contributed by atoms with E-state index in [2.05, 4.69) is 76.9 Å². The third-order valence-electron chi connectivity index (χ3n) is 7.44. The van der Waals surface area contributed by atoms with Gasteiger partial charge in [-0.25, -0.2) is 0 Å². The predicted molar refractivity (Wildman–Crippen MR) is 151 cm³/mol. The molecule has 38 heavy (non-hydrogen) atoms. The number of carbonyl (C=O) groups excluding carboxylic acids is 1. The average molecular weight is 529 g/mol. The number of rotatable bonds is 9. The second-order valence-electron chi connectivity index (χ2n) is 9.81. The standard InChI is InChI=1S/C31H33ClN4O2/c1-33-30(37)23-38-29-20-27(32)13-12-24(29)21-36-17-14-28(34-36)22-35-18-15-31(16-19-35,25-8-4-2-5-9-25)26-10-6-3-7-11-26/h2-14,17,20H,15-16,18-19,21-23H2,1H3,(H,33,37). The lowest BCUT2D eigenvalue weighted by molar-refractivity contribution is -0.122. The summed E-state index contributed by atoms with van der Waals surface area (Å²) < 4.78 is 7.63. The highest BCUT2D eigenvalue weighted by Gasteiger charge is 2.37. The Morgan fingerprint density at radius 1 is 0.947 bits per heavy atom. The second kappa shape index (κ2) is 11.8. The molecule has 1 aliphatic rings. The average Bonchev–Trinajstić information content (AvgIpc) is 3.41. The number of nitrogens with one attached hydrogen (secondary N) is 1. The molecule has 6 nitrogen and oxygen atoms in total. The maximum absolute atomic E-state index is 11.6. The highest BCUT2D eigenvalue weighted by atomic mass is 35.5. The molecule has 0 spiro atoms. The number of carbonyl (C=O) groups is 1. The van der Waals surface area contributed by atoms with E-state index in [1.165, 1.54) is 11.1 Å². The van der Waals surface area contributed by atoms with Crippen molar-refractivity contribution >= 4 is 17.5 Å². The molecule has 0 radical (unpaired) electrons. The number of piperidine rings is 1. The van der Waals surface area contributed by atoms with Gasteiger partial charge in [-0.05, 0) is 55.3 Å². The molecule has 2 heterocycles. The first-order valence-corrected chi connectivity index (χ1v) is 13.4. The number of ether oxygens (including phenoxy) is 1. The van der Waals surface area contributed by atoms with E-state index >= 15 is 0 Å². The van der Waals surface area contributed by atoms with E-state index in [1.54, 1.807) is 13.1 Å². The van der Waals surface area contributed by atoms with Gasteiger partial charge in [0.2, 0.25) is 0 Å². The molecule has 1 aromatic heterocycles. The molecule has 3 aromatic carbocycles. The summed E-state index contributed by atoms with van der Waals surface area (Å²) in [4.78, 5) is 14.1. The Labute approximate surface area is 229 Å². The van der Waals surface area contributed by atoms with Crippen molar-refractivity contribution in [3.8, 4) is 5.75 Å². The number of aromatic nitrogens is 2. The number of amides is 1. The zero-order valence-corrected chi connectivity index (χ0v) is 22.4. The third-order valence-corrected chi connectivity index (χ3v) is 7.68. The first-order chi connectivity index (χ1) is 18.6. The van der Waals surface area contributed by atoms with Gasteiger partial charge in [0.1, 0.15) is 5.75 Å². The molecule has 0 saturated carbocycles. The number of halogens is 1. The van der Waals surface area contributed by atoms with E-state index in [0.717, 1.165) is 43.7 Å². The van der Waals surface area contributed by atoms with E-state index in [9.17, 15) is 4.79 Å². The Morgan fingerprint density at radius 3 is 2.24 bits per heavy atom. The topological polar surface area (TPSA) is 59.4 Å². The van der Waals surface area contributed by atoms with E-state index in [-0.39, 0.29) is 17.9 Å². The van der Waals surface area contributed by atoms with Crippen LogP contribution >= 0.6 is 11.6 Å². The SMILES string of the molecule is CNC(=O)COc1cc(Cl)ccc1Cn1ccc(CN2CCC(c3ccccc3)(c3ccccc3)CC2)n1. The van der Waals surface area contributed by atoms with Gasteiger partial charge in [-0.1, -0.05) is 78.3 Å². The summed E-state index contributed by atoms with van der Waals surface area (Å²) in [6.07, 6.45) is 4.13. The van der Waals surface area contributed by atoms with Crippen LogP contribution in [0, 0.1) is 0 Å². The summed E-state index contributed by atoms with van der Waals surface area (Å²) in [5, 5.41) is 7.96. The van der Waals surface area contributed by atoms with Gasteiger partial charge in [0, 0.05) is 35.8 Å². The van der Waals surface area contributed by atoms with Crippen molar-refractivity contribution in [2.45, 2.75) is 31.3 Å². The lowest BCUT2D eigenvalue weighted by atomic mass is 9.68. The van der Waals surface area contributed by atoms with Crippen LogP contribution in [0.5, 0.6) is 5.75 Å². The van der Waals surface area contributed by atoms with Crippen LogP contribution in [0.25, 0.3) is 0 Å². The maximum atomic E-state index is 11.6. The Morgan fingerprint density at radius 2 is 1.61 bits per heavy atom. The van der Waals surface area contributed by atoms with Gasteiger partial charge in [0.25, 0.3) is 5.91 Å². The summed E-state index contributed by atoms with van der Waals surface area (Å²) in [5.74, 6) is 0.398. The van der Waals surface area contributed by atoms with Crippen molar-refractivity contribution in [1.29, 1.82) is 0 Å². The molecule has 1 saturated heterocycles. The highest BCUT2D eigenvalue weighted by molar-refractivity contribution is 6.30. The molecule has 7 heteroatoms. The first kappa shape index (κ1) is 26.0. The van der Waals surface area contributed by atoms with Gasteiger partial charge >= 0.3 is 0 Å². The monoisotopic (exact) mass is 528 g/mol. The van der Waals surface area contributed by atoms with E-state index < -0.39 is 0 Å². The van der Waals surface area contributed by atoms with E-state index in [1.807, 2.05) is 23.0 Å². The summed E-state index contributed by atoms with van der Waals surface area (Å²) in [7, 11) is 1.58. The van der Waals surface area contributed by atoms with Crippen LogP contribution in [0.3, 0.4) is 0 Å². The molecule has 1 aliphatic heterocycles. The van der Waals surface area contributed by atoms with Crippen molar-refractivity contribution in [2.24, 2.45) is 0 Å². The highest BCUT2D eigenvalue weighted by Crippen LogP contribution is 2.41. The number of hydrogen-bond acceptors (Lipinski definition) is 4. The minimum Gasteiger partial charge on any atom is -0.483 e. The first-order valence-electron chi connectivity index (χ1n) is 13.0. The van der Waals surface area contributed by atoms with Crippen LogP contribution in [0.4, 0.5) is 0 Å². The number of nitrogens with zero attached hydrogens (tertiary/aromatic N) is 3. The predicted octanol–water partition coefficient (Wildman–Crippen LogP) is 5.29. The van der Waals surface area contributed by atoms with Gasteiger partial charge in [0.15, 0.2) is 6.61 Å². The zero-order valence-electron chi connectivity index (χ0n) is 21.6. The number of likely N-dealkylation sites (tertiary alicyclic amines) is 1. The molecule has 4 aromatic rings. The van der Waals surface area contributed by atoms with Crippen LogP contribution in [-0.4, -0.2) is 47.3 Å². The van der Waals surface area contributed by atoms with Crippen molar-refractivity contribution in [2.75, 3.05) is 26.7 Å². The van der Waals surface area contributed by atoms with Crippen molar-refractivity contribution in [3.05, 3.63) is 119 Å². The number of hydrogen-bond donors (Lipinski definition) is 1. The molecule has 1 amide bonds. The smallest absolute Gasteiger partial charge is 0.257 e. The third kappa shape index (κ3) is 5.93. The lowest BCUT2D eigenvalue weighted by Crippen LogP contribution is -2.43. The maximum Gasteiger partial charge on any atom is 0.257 e. The minimum atomic E-state index is -0.192. The number of benzene rings is 3. The molecule has 196 valence electrons. The molecule has 1 N–H and O–H groups in total. The normalized spacial score (nSPS) is 15.2. The van der Waals surface area contributed by atoms with Gasteiger partial charge < -0.3 is 10.1 Å². The molecular formula is C31H33ClN4O2. The van der Waals surface area contributed by atoms with Crippen LogP contribution in [0.2, 0.25) is 5.02 Å². The molecule has 1 fully saturated rings. The van der Waals surface area contributed by atoms with Crippen molar-refractivity contribution in [3.63, 3.8) is 0 Å². The minimum absolute atomic E-state index is 0.0397. The molecule has 0 atom stereocenters. The Balaban J connectivity index is 1.25. The van der Waals surface area contributed by atoms with Gasteiger partial charge in [0.05, 0.1) is 12.2 Å². The molecule has 0 bridgehead atoms. The fourth-order valence-electron chi connectivity index (χ4n) is 5.34. The Bertz CT molecular complexity index is 1310.